The normalized spacial score (nSPS) is 12.7. The van der Waals surface area contributed by atoms with Crippen molar-refractivity contribution in [1.82, 2.24) is 5.32 Å². The summed E-state index contributed by atoms with van der Waals surface area (Å²) in [6.07, 6.45) is 0.773. The van der Waals surface area contributed by atoms with Crippen LogP contribution in [-0.2, 0) is 6.42 Å². The van der Waals surface area contributed by atoms with Crippen LogP contribution in [0.2, 0.25) is 9.36 Å². The molecule has 1 aromatic heterocycles. The molecule has 0 radical (unpaired) electrons. The molecule has 1 N–H and O–H groups in total. The van der Waals surface area contributed by atoms with Gasteiger partial charge in [0, 0.05) is 17.3 Å². The van der Waals surface area contributed by atoms with E-state index in [-0.39, 0.29) is 11.1 Å². The highest BCUT2D eigenvalue weighted by atomic mass is 35.5. The van der Waals surface area contributed by atoms with Gasteiger partial charge in [-0.3, -0.25) is 0 Å². The second-order valence-corrected chi connectivity index (χ2v) is 6.13. The van der Waals surface area contributed by atoms with Crippen LogP contribution in [0, 0.1) is 5.82 Å². The fraction of sp³-hybridized carbons (Fsp3) is 0.231. The summed E-state index contributed by atoms with van der Waals surface area (Å²) < 4.78 is 14.2. The van der Waals surface area contributed by atoms with Crippen LogP contribution < -0.4 is 5.32 Å². The van der Waals surface area contributed by atoms with Crippen LogP contribution in [0.5, 0.6) is 0 Å². The van der Waals surface area contributed by atoms with Gasteiger partial charge in [0.25, 0.3) is 0 Å². The first kappa shape index (κ1) is 13.8. The Bertz CT molecular complexity index is 542. The zero-order chi connectivity index (χ0) is 13.1. The van der Waals surface area contributed by atoms with E-state index >= 15 is 0 Å². The highest BCUT2D eigenvalue weighted by Gasteiger charge is 2.13. The molecule has 1 aromatic carbocycles. The standard InChI is InChI=1S/C13H12Cl2FNS/c1-17-12(7-9-3-5-13(15)18-9)8-2-4-10(14)11(16)6-8/h2-6,12,17H,7H2,1H3. The van der Waals surface area contributed by atoms with Crippen molar-refractivity contribution in [3.63, 3.8) is 0 Å². The molecule has 2 rings (SSSR count). The van der Waals surface area contributed by atoms with Crippen LogP contribution >= 0.6 is 34.5 Å². The highest BCUT2D eigenvalue weighted by Crippen LogP contribution is 2.27. The quantitative estimate of drug-likeness (QED) is 0.863. The topological polar surface area (TPSA) is 12.0 Å². The largest absolute Gasteiger partial charge is 0.313 e. The Balaban J connectivity index is 2.19. The second kappa shape index (κ2) is 6.02. The highest BCUT2D eigenvalue weighted by molar-refractivity contribution is 7.16. The van der Waals surface area contributed by atoms with E-state index < -0.39 is 5.82 Å². The summed E-state index contributed by atoms with van der Waals surface area (Å²) in [6.45, 7) is 0. The van der Waals surface area contributed by atoms with Crippen molar-refractivity contribution in [2.45, 2.75) is 12.5 Å². The zero-order valence-electron chi connectivity index (χ0n) is 9.71. The van der Waals surface area contributed by atoms with Crippen molar-refractivity contribution >= 4 is 34.5 Å². The molecule has 2 aromatic rings. The lowest BCUT2D eigenvalue weighted by Gasteiger charge is -2.16. The number of likely N-dealkylation sites (N-methyl/N-ethyl adjacent to an activating group) is 1. The summed E-state index contributed by atoms with van der Waals surface area (Å²) in [5.74, 6) is -0.390. The first-order valence-corrected chi connectivity index (χ1v) is 7.04. The maximum absolute atomic E-state index is 13.4. The third kappa shape index (κ3) is 3.23. The Labute approximate surface area is 120 Å². The Hall–Kier alpha value is -0.610. The van der Waals surface area contributed by atoms with E-state index in [1.807, 2.05) is 25.2 Å². The number of hydrogen-bond donors (Lipinski definition) is 1. The number of halogens is 3. The number of rotatable bonds is 4. The van der Waals surface area contributed by atoms with E-state index in [1.165, 1.54) is 17.4 Å². The molecule has 0 aliphatic heterocycles. The van der Waals surface area contributed by atoms with E-state index in [4.69, 9.17) is 23.2 Å². The lowest BCUT2D eigenvalue weighted by Crippen LogP contribution is -2.18. The minimum Gasteiger partial charge on any atom is -0.313 e. The van der Waals surface area contributed by atoms with Gasteiger partial charge in [0.15, 0.2) is 0 Å². The lowest BCUT2D eigenvalue weighted by atomic mass is 10.0. The van der Waals surface area contributed by atoms with Gasteiger partial charge >= 0.3 is 0 Å². The summed E-state index contributed by atoms with van der Waals surface area (Å²) in [4.78, 5) is 1.16. The van der Waals surface area contributed by atoms with Gasteiger partial charge in [-0.2, -0.15) is 0 Å². The lowest BCUT2D eigenvalue weighted by molar-refractivity contribution is 0.581. The molecular weight excluding hydrogens is 292 g/mol. The van der Waals surface area contributed by atoms with Crippen molar-refractivity contribution in [3.05, 3.63) is 55.9 Å². The summed E-state index contributed by atoms with van der Waals surface area (Å²) >= 11 is 13.1. The molecule has 1 heterocycles. The number of thiophene rings is 1. The van der Waals surface area contributed by atoms with Crippen LogP contribution in [0.15, 0.2) is 30.3 Å². The minimum atomic E-state index is -0.390. The minimum absolute atomic E-state index is 0.0477. The van der Waals surface area contributed by atoms with E-state index in [2.05, 4.69) is 5.32 Å². The molecule has 1 nitrogen and oxygen atoms in total. The average molecular weight is 304 g/mol. The van der Waals surface area contributed by atoms with Gasteiger partial charge in [-0.05, 0) is 36.9 Å². The monoisotopic (exact) mass is 303 g/mol. The first-order chi connectivity index (χ1) is 8.60. The predicted molar refractivity (Wildman–Crippen MR) is 76.2 cm³/mol. The molecular formula is C13H12Cl2FNS. The summed E-state index contributed by atoms with van der Waals surface area (Å²) in [5.41, 5.74) is 0.879. The number of hydrogen-bond acceptors (Lipinski definition) is 2. The maximum atomic E-state index is 13.4. The summed E-state index contributed by atoms with van der Waals surface area (Å²) in [7, 11) is 1.85. The molecule has 0 amide bonds. The van der Waals surface area contributed by atoms with Crippen molar-refractivity contribution in [2.24, 2.45) is 0 Å². The Morgan fingerprint density at radius 2 is 2.06 bits per heavy atom. The molecule has 18 heavy (non-hydrogen) atoms. The van der Waals surface area contributed by atoms with Crippen LogP contribution in [0.4, 0.5) is 4.39 Å². The Morgan fingerprint density at radius 1 is 1.28 bits per heavy atom. The summed E-state index contributed by atoms with van der Waals surface area (Å²) in [6, 6.07) is 8.80. The molecule has 96 valence electrons. The molecule has 0 spiro atoms. The van der Waals surface area contributed by atoms with Gasteiger partial charge in [-0.15, -0.1) is 11.3 Å². The molecule has 0 aliphatic carbocycles. The fourth-order valence-electron chi connectivity index (χ4n) is 1.78. The Morgan fingerprint density at radius 3 is 2.61 bits per heavy atom. The van der Waals surface area contributed by atoms with Gasteiger partial charge in [0.2, 0.25) is 0 Å². The molecule has 1 atom stereocenters. The predicted octanol–water partition coefficient (Wildman–Crippen LogP) is 4.70. The molecule has 5 heteroatoms. The summed E-state index contributed by atoms with van der Waals surface area (Å²) in [5, 5.41) is 3.32. The molecule has 0 aliphatic rings. The van der Waals surface area contributed by atoms with Gasteiger partial charge < -0.3 is 5.32 Å². The van der Waals surface area contributed by atoms with Crippen molar-refractivity contribution in [1.29, 1.82) is 0 Å². The van der Waals surface area contributed by atoms with E-state index in [1.54, 1.807) is 6.07 Å². The van der Waals surface area contributed by atoms with Crippen LogP contribution in [0.3, 0.4) is 0 Å². The fourth-order valence-corrected chi connectivity index (χ4v) is 3.03. The van der Waals surface area contributed by atoms with Crippen molar-refractivity contribution in [2.75, 3.05) is 7.05 Å². The number of benzene rings is 1. The smallest absolute Gasteiger partial charge is 0.142 e. The van der Waals surface area contributed by atoms with Crippen molar-refractivity contribution < 1.29 is 4.39 Å². The molecule has 0 fully saturated rings. The van der Waals surface area contributed by atoms with Gasteiger partial charge in [-0.1, -0.05) is 29.3 Å². The molecule has 1 unspecified atom stereocenters. The second-order valence-electron chi connectivity index (χ2n) is 3.92. The van der Waals surface area contributed by atoms with E-state index in [9.17, 15) is 4.39 Å². The third-order valence-corrected chi connectivity index (χ3v) is 4.29. The van der Waals surface area contributed by atoms with Gasteiger partial charge in [0.1, 0.15) is 5.82 Å². The van der Waals surface area contributed by atoms with Crippen LogP contribution in [0.1, 0.15) is 16.5 Å². The van der Waals surface area contributed by atoms with Gasteiger partial charge in [-0.25, -0.2) is 4.39 Å². The average Bonchev–Trinajstić information content (AvgIpc) is 2.75. The first-order valence-electron chi connectivity index (χ1n) is 5.46. The molecule has 0 bridgehead atoms. The number of nitrogens with one attached hydrogen (secondary N) is 1. The Kier molecular flexibility index (Phi) is 4.62. The maximum Gasteiger partial charge on any atom is 0.142 e. The third-order valence-electron chi connectivity index (χ3n) is 2.73. The molecule has 0 saturated heterocycles. The van der Waals surface area contributed by atoms with E-state index in [0.717, 1.165) is 21.2 Å². The van der Waals surface area contributed by atoms with Gasteiger partial charge in [0.05, 0.1) is 9.36 Å². The van der Waals surface area contributed by atoms with Crippen LogP contribution in [0.25, 0.3) is 0 Å². The zero-order valence-corrected chi connectivity index (χ0v) is 12.0. The van der Waals surface area contributed by atoms with Crippen LogP contribution in [-0.4, -0.2) is 7.05 Å². The SMILES string of the molecule is CNC(Cc1ccc(Cl)s1)c1ccc(Cl)c(F)c1. The molecule has 0 saturated carbocycles. The van der Waals surface area contributed by atoms with Crippen molar-refractivity contribution in [3.8, 4) is 0 Å². The van der Waals surface area contributed by atoms with E-state index in [0.29, 0.717) is 0 Å².